The van der Waals surface area contributed by atoms with Gasteiger partial charge >= 0.3 is 6.09 Å². The Kier molecular flexibility index (Phi) is 3.53. The number of likely N-dealkylation sites (tertiary alicyclic amines) is 1. The van der Waals surface area contributed by atoms with Crippen LogP contribution in [0.4, 0.5) is 4.79 Å². The second-order valence-corrected chi connectivity index (χ2v) is 4.80. The highest BCUT2D eigenvalue weighted by Crippen LogP contribution is 2.23. The third-order valence-electron chi connectivity index (χ3n) is 2.24. The number of hydrogen-bond donors (Lipinski definition) is 0. The van der Waals surface area contributed by atoms with E-state index in [1.54, 1.807) is 20.8 Å². The molecular weight excluding hydrogens is 208 g/mol. The number of nitriles is 1. The normalized spacial score (nSPS) is 20.8. The average molecular weight is 224 g/mol. The van der Waals surface area contributed by atoms with E-state index >= 15 is 0 Å². The van der Waals surface area contributed by atoms with Crippen molar-refractivity contribution in [1.82, 2.24) is 4.90 Å². The van der Waals surface area contributed by atoms with Crippen LogP contribution < -0.4 is 0 Å². The topological polar surface area (TPSA) is 70.4 Å². The number of carbonyl (C=O) groups is 2. The number of hydrogen-bond acceptors (Lipinski definition) is 4. The first-order valence-electron chi connectivity index (χ1n) is 5.27. The van der Waals surface area contributed by atoms with Gasteiger partial charge in [0.1, 0.15) is 5.60 Å². The zero-order chi connectivity index (χ0) is 12.3. The fourth-order valence-corrected chi connectivity index (χ4v) is 1.60. The van der Waals surface area contributed by atoms with Crippen LogP contribution in [0.2, 0.25) is 0 Å². The fraction of sp³-hybridized carbons (Fsp3) is 0.727. The van der Waals surface area contributed by atoms with E-state index in [0.717, 1.165) is 4.90 Å². The van der Waals surface area contributed by atoms with E-state index in [1.165, 1.54) is 0 Å². The van der Waals surface area contributed by atoms with Crippen molar-refractivity contribution < 1.29 is 14.3 Å². The lowest BCUT2D eigenvalue weighted by molar-refractivity contribution is -0.128. The molecule has 1 saturated heterocycles. The summed E-state index contributed by atoms with van der Waals surface area (Å²) >= 11 is 0. The summed E-state index contributed by atoms with van der Waals surface area (Å²) in [5.41, 5.74) is -0.628. The van der Waals surface area contributed by atoms with E-state index in [1.807, 2.05) is 6.07 Å². The maximum Gasteiger partial charge on any atom is 0.417 e. The Hall–Kier alpha value is -1.57. The minimum atomic E-state index is -0.643. The molecule has 0 aromatic rings. The van der Waals surface area contributed by atoms with Crippen molar-refractivity contribution in [2.45, 2.75) is 51.7 Å². The minimum absolute atomic E-state index is 0.172. The molecule has 1 aliphatic heterocycles. The van der Waals surface area contributed by atoms with Crippen LogP contribution in [0, 0.1) is 11.3 Å². The third kappa shape index (κ3) is 2.96. The molecular formula is C11H16N2O3. The van der Waals surface area contributed by atoms with Crippen molar-refractivity contribution in [3.63, 3.8) is 0 Å². The van der Waals surface area contributed by atoms with Gasteiger partial charge in [-0.25, -0.2) is 9.69 Å². The summed E-state index contributed by atoms with van der Waals surface area (Å²) in [6.45, 7) is 5.22. The van der Waals surface area contributed by atoms with Crippen molar-refractivity contribution >= 4 is 12.0 Å². The van der Waals surface area contributed by atoms with Crippen LogP contribution in [-0.4, -0.2) is 28.5 Å². The SMILES string of the molecule is CC(C)(C)OC(=O)N1C(=O)CC[C@H]1CC#N. The van der Waals surface area contributed by atoms with Crippen LogP contribution >= 0.6 is 0 Å². The largest absolute Gasteiger partial charge is 0.443 e. The zero-order valence-corrected chi connectivity index (χ0v) is 9.82. The summed E-state index contributed by atoms with van der Waals surface area (Å²) in [4.78, 5) is 24.3. The summed E-state index contributed by atoms with van der Waals surface area (Å²) in [6, 6.07) is 1.65. The summed E-state index contributed by atoms with van der Waals surface area (Å²) in [5, 5.41) is 8.60. The van der Waals surface area contributed by atoms with Crippen molar-refractivity contribution in [1.29, 1.82) is 5.26 Å². The Morgan fingerprint density at radius 1 is 1.62 bits per heavy atom. The molecule has 5 nitrogen and oxygen atoms in total. The summed E-state index contributed by atoms with van der Waals surface area (Å²) < 4.78 is 5.13. The van der Waals surface area contributed by atoms with Gasteiger partial charge in [0.25, 0.3) is 0 Å². The summed E-state index contributed by atoms with van der Waals surface area (Å²) in [5.74, 6) is -0.255. The van der Waals surface area contributed by atoms with E-state index in [9.17, 15) is 9.59 Å². The molecule has 0 bridgehead atoms. The molecule has 0 radical (unpaired) electrons. The van der Waals surface area contributed by atoms with E-state index in [0.29, 0.717) is 12.8 Å². The van der Waals surface area contributed by atoms with Crippen molar-refractivity contribution in [3.05, 3.63) is 0 Å². The lowest BCUT2D eigenvalue weighted by Crippen LogP contribution is -2.42. The number of rotatable bonds is 1. The highest BCUT2D eigenvalue weighted by Gasteiger charge is 2.38. The molecule has 16 heavy (non-hydrogen) atoms. The summed E-state index contributed by atoms with van der Waals surface area (Å²) in [7, 11) is 0. The van der Waals surface area contributed by atoms with Crippen LogP contribution in [0.1, 0.15) is 40.0 Å². The van der Waals surface area contributed by atoms with Gasteiger partial charge in [-0.05, 0) is 27.2 Å². The molecule has 1 rings (SSSR count). The smallest absolute Gasteiger partial charge is 0.417 e. The van der Waals surface area contributed by atoms with E-state index in [4.69, 9.17) is 10.00 Å². The predicted octanol–water partition coefficient (Wildman–Crippen LogP) is 1.83. The van der Waals surface area contributed by atoms with Crippen LogP contribution in [0.3, 0.4) is 0 Å². The molecule has 1 atom stereocenters. The second kappa shape index (κ2) is 4.52. The minimum Gasteiger partial charge on any atom is -0.443 e. The van der Waals surface area contributed by atoms with Crippen molar-refractivity contribution in [3.8, 4) is 6.07 Å². The van der Waals surface area contributed by atoms with Gasteiger partial charge in [-0.2, -0.15) is 5.26 Å². The van der Waals surface area contributed by atoms with Crippen LogP contribution in [0.25, 0.3) is 0 Å². The quantitative estimate of drug-likeness (QED) is 0.681. The number of carbonyl (C=O) groups excluding carboxylic acids is 2. The molecule has 0 aromatic carbocycles. The highest BCUT2D eigenvalue weighted by atomic mass is 16.6. The highest BCUT2D eigenvalue weighted by molar-refractivity contribution is 5.94. The van der Waals surface area contributed by atoms with Gasteiger partial charge in [-0.1, -0.05) is 0 Å². The Balaban J connectivity index is 2.73. The molecule has 0 aromatic heterocycles. The Morgan fingerprint density at radius 2 is 2.25 bits per heavy atom. The monoisotopic (exact) mass is 224 g/mol. The molecule has 88 valence electrons. The van der Waals surface area contributed by atoms with Crippen LogP contribution in [-0.2, 0) is 9.53 Å². The van der Waals surface area contributed by atoms with E-state index in [2.05, 4.69) is 0 Å². The first kappa shape index (κ1) is 12.5. The first-order chi connectivity index (χ1) is 7.35. The van der Waals surface area contributed by atoms with Crippen LogP contribution in [0.5, 0.6) is 0 Å². The average Bonchev–Trinajstić information content (AvgIpc) is 2.44. The van der Waals surface area contributed by atoms with Gasteiger partial charge in [0, 0.05) is 6.42 Å². The van der Waals surface area contributed by atoms with Crippen molar-refractivity contribution in [2.24, 2.45) is 0 Å². The number of imide groups is 1. The zero-order valence-electron chi connectivity index (χ0n) is 9.82. The van der Waals surface area contributed by atoms with Gasteiger partial charge < -0.3 is 4.74 Å². The van der Waals surface area contributed by atoms with Crippen LogP contribution in [0.15, 0.2) is 0 Å². The Morgan fingerprint density at radius 3 is 2.75 bits per heavy atom. The molecule has 5 heteroatoms. The maximum atomic E-state index is 11.7. The maximum absolute atomic E-state index is 11.7. The van der Waals surface area contributed by atoms with Gasteiger partial charge in [-0.3, -0.25) is 4.79 Å². The Labute approximate surface area is 95.0 Å². The number of nitrogens with zero attached hydrogens (tertiary/aromatic N) is 2. The van der Waals surface area contributed by atoms with E-state index in [-0.39, 0.29) is 18.4 Å². The lowest BCUT2D eigenvalue weighted by atomic mass is 10.2. The number of ether oxygens (including phenoxy) is 1. The molecule has 0 N–H and O–H groups in total. The molecule has 0 aliphatic carbocycles. The summed E-state index contributed by atoms with van der Waals surface area (Å²) in [6.07, 6.45) is 0.387. The number of amides is 2. The third-order valence-corrected chi connectivity index (χ3v) is 2.24. The molecule has 1 fully saturated rings. The van der Waals surface area contributed by atoms with Gasteiger partial charge in [0.05, 0.1) is 18.5 Å². The standard InChI is InChI=1S/C11H16N2O3/c1-11(2,3)16-10(15)13-8(6-7-12)4-5-9(13)14/h8H,4-6H2,1-3H3/t8-/m0/s1. The Bertz CT molecular complexity index is 338. The molecule has 1 aliphatic rings. The lowest BCUT2D eigenvalue weighted by Gasteiger charge is -2.26. The van der Waals surface area contributed by atoms with Gasteiger partial charge in [0.2, 0.25) is 5.91 Å². The van der Waals surface area contributed by atoms with Gasteiger partial charge in [-0.15, -0.1) is 0 Å². The molecule has 1 heterocycles. The molecule has 0 unspecified atom stereocenters. The van der Waals surface area contributed by atoms with Crippen molar-refractivity contribution in [2.75, 3.05) is 0 Å². The first-order valence-corrected chi connectivity index (χ1v) is 5.27. The molecule has 0 spiro atoms. The second-order valence-electron chi connectivity index (χ2n) is 4.80. The van der Waals surface area contributed by atoms with Gasteiger partial charge in [0.15, 0.2) is 0 Å². The molecule has 0 saturated carbocycles. The predicted molar refractivity (Wildman–Crippen MR) is 56.3 cm³/mol. The molecule has 2 amide bonds. The fourth-order valence-electron chi connectivity index (χ4n) is 1.60. The van der Waals surface area contributed by atoms with E-state index < -0.39 is 11.7 Å².